The highest BCUT2D eigenvalue weighted by Crippen LogP contribution is 2.18. The van der Waals surface area contributed by atoms with Gasteiger partial charge in [0.2, 0.25) is 0 Å². The van der Waals surface area contributed by atoms with Gasteiger partial charge in [0, 0.05) is 6.92 Å². The Morgan fingerprint density at radius 3 is 2.32 bits per heavy atom. The van der Waals surface area contributed by atoms with Crippen LogP contribution in [-0.2, 0) is 19.1 Å². The molecule has 0 aromatic carbocycles. The number of hydrogen-bond acceptors (Lipinski definition) is 6. The largest absolute Gasteiger partial charge is 0.507 e. The summed E-state index contributed by atoms with van der Waals surface area (Å²) in [7, 11) is 0. The molecule has 0 bridgehead atoms. The molecule has 0 aromatic rings. The van der Waals surface area contributed by atoms with Gasteiger partial charge in [-0.1, -0.05) is 13.8 Å². The smallest absolute Gasteiger partial charge is 0.352 e. The fourth-order valence-electron chi connectivity index (χ4n) is 1.42. The molecule has 0 radical (unpaired) electrons. The van der Waals surface area contributed by atoms with E-state index in [2.05, 4.69) is 4.74 Å². The van der Waals surface area contributed by atoms with Crippen LogP contribution in [-0.4, -0.2) is 29.8 Å². The molecule has 0 aliphatic rings. The normalized spacial score (nSPS) is 13.3. The summed E-state index contributed by atoms with van der Waals surface area (Å²) in [6.07, 6.45) is -0.715. The Balaban J connectivity index is 5.31. The van der Waals surface area contributed by atoms with Gasteiger partial charge < -0.3 is 14.6 Å². The van der Waals surface area contributed by atoms with Crippen molar-refractivity contribution in [3.8, 4) is 6.07 Å². The Labute approximate surface area is 112 Å². The molecule has 0 aliphatic carbocycles. The Morgan fingerprint density at radius 2 is 1.95 bits per heavy atom. The lowest BCUT2D eigenvalue weighted by molar-refractivity contribution is -0.147. The zero-order chi connectivity index (χ0) is 15.0. The van der Waals surface area contributed by atoms with Crippen molar-refractivity contribution >= 4 is 11.9 Å². The third-order valence-electron chi connectivity index (χ3n) is 2.15. The van der Waals surface area contributed by atoms with Crippen LogP contribution in [0.2, 0.25) is 0 Å². The highest BCUT2D eigenvalue weighted by atomic mass is 16.6. The minimum atomic E-state index is -1.02. The van der Waals surface area contributed by atoms with Crippen molar-refractivity contribution < 1.29 is 24.2 Å². The van der Waals surface area contributed by atoms with E-state index in [1.165, 1.54) is 6.92 Å². The highest BCUT2D eigenvalue weighted by Gasteiger charge is 2.26. The molecular formula is C13H19NO5. The van der Waals surface area contributed by atoms with E-state index < -0.39 is 29.4 Å². The molecule has 0 saturated heterocycles. The van der Waals surface area contributed by atoms with Gasteiger partial charge in [-0.25, -0.2) is 4.79 Å². The average Bonchev–Trinajstić information content (AvgIpc) is 2.28. The highest BCUT2D eigenvalue weighted by molar-refractivity contribution is 5.93. The Morgan fingerprint density at radius 1 is 1.37 bits per heavy atom. The van der Waals surface area contributed by atoms with E-state index in [0.717, 1.165) is 0 Å². The molecule has 0 amide bonds. The minimum absolute atomic E-state index is 0.0830. The molecular weight excluding hydrogens is 250 g/mol. The van der Waals surface area contributed by atoms with Gasteiger partial charge in [0.15, 0.2) is 17.4 Å². The van der Waals surface area contributed by atoms with Gasteiger partial charge in [0.25, 0.3) is 0 Å². The van der Waals surface area contributed by atoms with Crippen LogP contribution in [0.25, 0.3) is 0 Å². The second kappa shape index (κ2) is 8.14. The lowest BCUT2D eigenvalue weighted by Crippen LogP contribution is -2.24. The van der Waals surface area contributed by atoms with E-state index in [-0.39, 0.29) is 12.5 Å². The fourth-order valence-corrected chi connectivity index (χ4v) is 1.42. The topological polar surface area (TPSA) is 96.6 Å². The number of rotatable bonds is 6. The lowest BCUT2D eigenvalue weighted by atomic mass is 10.0. The number of hydrogen-bond donors (Lipinski definition) is 1. The van der Waals surface area contributed by atoms with Crippen molar-refractivity contribution in [2.75, 3.05) is 6.61 Å². The molecule has 1 N–H and O–H groups in total. The van der Waals surface area contributed by atoms with Crippen molar-refractivity contribution in [1.29, 1.82) is 5.26 Å². The van der Waals surface area contributed by atoms with Crippen LogP contribution in [0, 0.1) is 17.2 Å². The summed E-state index contributed by atoms with van der Waals surface area (Å²) < 4.78 is 9.58. The molecule has 0 spiro atoms. The third-order valence-corrected chi connectivity index (χ3v) is 2.15. The molecule has 6 heteroatoms. The Bertz CT molecular complexity index is 406. The molecule has 0 aromatic heterocycles. The molecule has 1 unspecified atom stereocenters. The maximum Gasteiger partial charge on any atom is 0.352 e. The second-order valence-electron chi connectivity index (χ2n) is 4.32. The van der Waals surface area contributed by atoms with Crippen LogP contribution in [0.15, 0.2) is 11.3 Å². The lowest BCUT2D eigenvalue weighted by Gasteiger charge is -2.19. The van der Waals surface area contributed by atoms with Crippen molar-refractivity contribution in [2.45, 2.75) is 40.2 Å². The van der Waals surface area contributed by atoms with Gasteiger partial charge in [-0.3, -0.25) is 4.79 Å². The number of esters is 2. The Kier molecular flexibility index (Phi) is 7.27. The number of aliphatic hydroxyl groups is 1. The zero-order valence-corrected chi connectivity index (χ0v) is 11.6. The summed E-state index contributed by atoms with van der Waals surface area (Å²) in [6, 6.07) is 1.58. The summed E-state index contributed by atoms with van der Waals surface area (Å²) in [5.74, 6) is -1.99. The van der Waals surface area contributed by atoms with E-state index in [1.54, 1.807) is 13.0 Å². The zero-order valence-electron chi connectivity index (χ0n) is 11.6. The van der Waals surface area contributed by atoms with E-state index in [4.69, 9.17) is 10.00 Å². The molecule has 6 nitrogen and oxygen atoms in total. The average molecular weight is 269 g/mol. The number of nitrogens with zero attached hydrogens (tertiary/aromatic N) is 1. The van der Waals surface area contributed by atoms with Crippen LogP contribution >= 0.6 is 0 Å². The SMILES string of the molecule is CCOC(=O)/C(C#N)=C(/O)C(CC(C)C)OC(C)=O. The Hall–Kier alpha value is -2.03. The van der Waals surface area contributed by atoms with Crippen molar-refractivity contribution in [3.63, 3.8) is 0 Å². The van der Waals surface area contributed by atoms with E-state index in [9.17, 15) is 14.7 Å². The molecule has 1 atom stereocenters. The molecule has 0 fully saturated rings. The van der Waals surface area contributed by atoms with Gasteiger partial charge in [0.1, 0.15) is 6.07 Å². The predicted molar refractivity (Wildman–Crippen MR) is 66.9 cm³/mol. The molecule has 0 aliphatic heterocycles. The van der Waals surface area contributed by atoms with Crippen molar-refractivity contribution in [2.24, 2.45) is 5.92 Å². The minimum Gasteiger partial charge on any atom is -0.507 e. The third kappa shape index (κ3) is 5.91. The fraction of sp³-hybridized carbons (Fsp3) is 0.615. The van der Waals surface area contributed by atoms with Gasteiger partial charge in [0.05, 0.1) is 6.61 Å². The predicted octanol–water partition coefficient (Wildman–Crippen LogP) is 1.86. The maximum absolute atomic E-state index is 11.5. The standard InChI is InChI=1S/C13H19NO5/c1-5-18-13(17)10(7-14)12(16)11(6-8(2)3)19-9(4)15/h8,11,16H,5-6H2,1-4H3/b12-10+. The summed E-state index contributed by atoms with van der Waals surface area (Å²) in [6.45, 7) is 6.58. The second-order valence-corrected chi connectivity index (χ2v) is 4.32. The first-order chi connectivity index (χ1) is 8.83. The summed E-state index contributed by atoms with van der Waals surface area (Å²) in [5.41, 5.74) is -0.534. The summed E-state index contributed by atoms with van der Waals surface area (Å²) in [4.78, 5) is 22.5. The number of carbonyl (C=O) groups excluding carboxylic acids is 2. The number of ether oxygens (including phenoxy) is 2. The first-order valence-electron chi connectivity index (χ1n) is 6.01. The molecule has 0 rings (SSSR count). The van der Waals surface area contributed by atoms with Crippen molar-refractivity contribution in [3.05, 3.63) is 11.3 Å². The molecule has 0 saturated carbocycles. The molecule has 19 heavy (non-hydrogen) atoms. The number of nitriles is 1. The van der Waals surface area contributed by atoms with Crippen LogP contribution in [0.1, 0.15) is 34.1 Å². The first kappa shape index (κ1) is 17.0. The van der Waals surface area contributed by atoms with Gasteiger partial charge >= 0.3 is 11.9 Å². The molecule has 106 valence electrons. The van der Waals surface area contributed by atoms with Gasteiger partial charge in [-0.05, 0) is 19.3 Å². The quantitative estimate of drug-likeness (QED) is 0.342. The van der Waals surface area contributed by atoms with Crippen molar-refractivity contribution in [1.82, 2.24) is 0 Å². The molecule has 0 heterocycles. The van der Waals surface area contributed by atoms with Crippen LogP contribution in [0.3, 0.4) is 0 Å². The first-order valence-corrected chi connectivity index (χ1v) is 6.01. The van der Waals surface area contributed by atoms with Crippen LogP contribution in [0.5, 0.6) is 0 Å². The van der Waals surface area contributed by atoms with E-state index in [1.807, 2.05) is 13.8 Å². The summed E-state index contributed by atoms with van der Waals surface area (Å²) >= 11 is 0. The number of carbonyl (C=O) groups is 2. The van der Waals surface area contributed by atoms with Crippen LogP contribution < -0.4 is 0 Å². The van der Waals surface area contributed by atoms with Crippen LogP contribution in [0.4, 0.5) is 0 Å². The monoisotopic (exact) mass is 269 g/mol. The van der Waals surface area contributed by atoms with Gasteiger partial charge in [-0.2, -0.15) is 5.26 Å². The summed E-state index contributed by atoms with van der Waals surface area (Å²) in [5, 5.41) is 18.8. The van der Waals surface area contributed by atoms with Gasteiger partial charge in [-0.15, -0.1) is 0 Å². The maximum atomic E-state index is 11.5. The van der Waals surface area contributed by atoms with E-state index >= 15 is 0 Å². The number of aliphatic hydroxyl groups excluding tert-OH is 1. The van der Waals surface area contributed by atoms with E-state index in [0.29, 0.717) is 6.42 Å².